The first-order valence-corrected chi connectivity index (χ1v) is 11.0. The molecule has 2 atom stereocenters. The molecule has 1 aliphatic carbocycles. The fourth-order valence-corrected chi connectivity index (χ4v) is 4.23. The molecule has 174 valence electrons. The molecule has 1 N–H and O–H groups in total. The minimum absolute atomic E-state index is 0.0338. The van der Waals surface area contributed by atoms with Crippen molar-refractivity contribution in [2.75, 3.05) is 14.2 Å². The van der Waals surface area contributed by atoms with Crippen LogP contribution in [-0.4, -0.2) is 55.4 Å². The van der Waals surface area contributed by atoms with E-state index in [1.807, 2.05) is 6.07 Å². The smallest absolute Gasteiger partial charge is 0.338 e. The standard InChI is InChI=1S/C23H25ClN4O5/c1-32-22(30)18-19(27-15-9-4-3-5-10-15)16(12-25)21(29)28(20(18)23(31)33-2)26-13-14-8-6-7-11-17(14)24/h6-8,11,13,15-16,20,27H,3-5,9-10H2,1-2H3/b26-13+. The zero-order valence-electron chi connectivity index (χ0n) is 18.4. The van der Waals surface area contributed by atoms with Crippen molar-refractivity contribution in [3.05, 3.63) is 46.1 Å². The van der Waals surface area contributed by atoms with Gasteiger partial charge in [-0.2, -0.15) is 10.4 Å². The van der Waals surface area contributed by atoms with Gasteiger partial charge in [0.15, 0.2) is 12.0 Å². The van der Waals surface area contributed by atoms with Gasteiger partial charge in [0, 0.05) is 16.6 Å². The van der Waals surface area contributed by atoms with Crippen LogP contribution in [0.2, 0.25) is 5.02 Å². The van der Waals surface area contributed by atoms with Crippen molar-refractivity contribution in [3.8, 4) is 6.07 Å². The summed E-state index contributed by atoms with van der Waals surface area (Å²) in [6.07, 6.45) is 6.00. The number of amides is 1. The van der Waals surface area contributed by atoms with Gasteiger partial charge in [0.2, 0.25) is 0 Å². The first kappa shape index (κ1) is 24.3. The Morgan fingerprint density at radius 3 is 2.52 bits per heavy atom. The van der Waals surface area contributed by atoms with Gasteiger partial charge in [-0.25, -0.2) is 14.6 Å². The molecular weight excluding hydrogens is 448 g/mol. The number of benzene rings is 1. The van der Waals surface area contributed by atoms with Crippen molar-refractivity contribution in [3.63, 3.8) is 0 Å². The van der Waals surface area contributed by atoms with Crippen LogP contribution in [-0.2, 0) is 23.9 Å². The van der Waals surface area contributed by atoms with Gasteiger partial charge in [0.05, 0.1) is 37.8 Å². The maximum Gasteiger partial charge on any atom is 0.338 e. The Morgan fingerprint density at radius 2 is 1.91 bits per heavy atom. The SMILES string of the molecule is COC(=O)C1=C(NC2CCCCC2)C(C#N)C(=O)N(/N=C/c2ccccc2Cl)C1C(=O)OC. The molecular formula is C23H25ClN4O5. The van der Waals surface area contributed by atoms with Crippen LogP contribution in [0.1, 0.15) is 37.7 Å². The lowest BCUT2D eigenvalue weighted by Crippen LogP contribution is -2.55. The summed E-state index contributed by atoms with van der Waals surface area (Å²) >= 11 is 6.16. The summed E-state index contributed by atoms with van der Waals surface area (Å²) in [6, 6.07) is 7.16. The van der Waals surface area contributed by atoms with Crippen LogP contribution < -0.4 is 5.32 Å². The highest BCUT2D eigenvalue weighted by molar-refractivity contribution is 6.33. The van der Waals surface area contributed by atoms with Crippen LogP contribution in [0.3, 0.4) is 0 Å². The number of methoxy groups -OCH3 is 2. The molecule has 0 bridgehead atoms. The van der Waals surface area contributed by atoms with E-state index < -0.39 is 29.8 Å². The Hall–Kier alpha value is -3.38. The van der Waals surface area contributed by atoms with Crippen molar-refractivity contribution in [1.29, 1.82) is 5.26 Å². The Morgan fingerprint density at radius 1 is 1.21 bits per heavy atom. The minimum atomic E-state index is -1.52. The first-order valence-electron chi connectivity index (χ1n) is 10.6. The number of ether oxygens (including phenoxy) is 2. The van der Waals surface area contributed by atoms with Gasteiger partial charge in [-0.1, -0.05) is 49.1 Å². The maximum absolute atomic E-state index is 13.3. The molecule has 9 nitrogen and oxygen atoms in total. The summed E-state index contributed by atoms with van der Waals surface area (Å²) < 4.78 is 9.82. The average molecular weight is 473 g/mol. The fourth-order valence-electron chi connectivity index (χ4n) is 4.04. The number of esters is 2. The number of carbonyl (C=O) groups excluding carboxylic acids is 3. The van der Waals surface area contributed by atoms with Crippen molar-refractivity contribution in [2.24, 2.45) is 11.0 Å². The van der Waals surface area contributed by atoms with Crippen LogP contribution in [0.5, 0.6) is 0 Å². The fraction of sp³-hybridized carbons (Fsp3) is 0.435. The summed E-state index contributed by atoms with van der Waals surface area (Å²) in [6.45, 7) is 0. The number of hydrogen-bond acceptors (Lipinski definition) is 8. The van der Waals surface area contributed by atoms with Gasteiger partial charge < -0.3 is 14.8 Å². The van der Waals surface area contributed by atoms with Gasteiger partial charge >= 0.3 is 11.9 Å². The second kappa shape index (κ2) is 11.0. The number of halogens is 1. The van der Waals surface area contributed by atoms with Gasteiger partial charge in [-0.05, 0) is 18.9 Å². The molecule has 33 heavy (non-hydrogen) atoms. The maximum atomic E-state index is 13.3. The van der Waals surface area contributed by atoms with Gasteiger partial charge in [0.1, 0.15) is 0 Å². The topological polar surface area (TPSA) is 121 Å². The molecule has 0 aromatic heterocycles. The second-order valence-corrected chi connectivity index (χ2v) is 8.14. The molecule has 0 saturated heterocycles. The molecule has 0 spiro atoms. The van der Waals surface area contributed by atoms with Crippen LogP contribution in [0.15, 0.2) is 40.6 Å². The largest absolute Gasteiger partial charge is 0.467 e. The van der Waals surface area contributed by atoms with Gasteiger partial charge in [-0.3, -0.25) is 4.79 Å². The summed E-state index contributed by atoms with van der Waals surface area (Å²) in [7, 11) is 2.30. The third kappa shape index (κ3) is 5.17. The Bertz CT molecular complexity index is 1030. The van der Waals surface area contributed by atoms with Crippen molar-refractivity contribution in [2.45, 2.75) is 44.2 Å². The average Bonchev–Trinajstić information content (AvgIpc) is 2.84. The second-order valence-electron chi connectivity index (χ2n) is 7.73. The van der Waals surface area contributed by atoms with E-state index in [4.69, 9.17) is 21.1 Å². The molecule has 1 aromatic carbocycles. The molecule has 1 saturated carbocycles. The lowest BCUT2D eigenvalue weighted by Gasteiger charge is -2.37. The number of nitrogens with one attached hydrogen (secondary N) is 1. The van der Waals surface area contributed by atoms with E-state index in [-0.39, 0.29) is 17.3 Å². The van der Waals surface area contributed by atoms with E-state index in [1.54, 1.807) is 24.3 Å². The summed E-state index contributed by atoms with van der Waals surface area (Å²) in [5.74, 6) is -3.87. The van der Waals surface area contributed by atoms with Crippen LogP contribution in [0, 0.1) is 17.2 Å². The predicted molar refractivity (Wildman–Crippen MR) is 120 cm³/mol. The zero-order valence-corrected chi connectivity index (χ0v) is 19.2. The predicted octanol–water partition coefficient (Wildman–Crippen LogP) is 2.55. The normalized spacial score (nSPS) is 21.6. The third-order valence-corrected chi connectivity index (χ3v) is 6.06. The molecule has 10 heteroatoms. The van der Waals surface area contributed by atoms with E-state index in [9.17, 15) is 19.6 Å². The van der Waals surface area contributed by atoms with Crippen molar-refractivity contribution in [1.82, 2.24) is 10.3 Å². The molecule has 2 aliphatic rings. The molecule has 2 unspecified atom stereocenters. The van der Waals surface area contributed by atoms with E-state index in [1.165, 1.54) is 6.21 Å². The Labute approximate surface area is 197 Å². The number of rotatable bonds is 6. The number of nitrogens with zero attached hydrogens (tertiary/aromatic N) is 3. The highest BCUT2D eigenvalue weighted by atomic mass is 35.5. The highest BCUT2D eigenvalue weighted by Crippen LogP contribution is 2.32. The quantitative estimate of drug-likeness (QED) is 0.498. The zero-order chi connectivity index (χ0) is 24.0. The summed E-state index contributed by atoms with van der Waals surface area (Å²) in [5.41, 5.74) is 0.386. The van der Waals surface area contributed by atoms with E-state index >= 15 is 0 Å². The van der Waals surface area contributed by atoms with Crippen LogP contribution in [0.4, 0.5) is 0 Å². The molecule has 1 amide bonds. The Balaban J connectivity index is 2.12. The summed E-state index contributed by atoms with van der Waals surface area (Å²) in [4.78, 5) is 39.0. The molecule has 1 aromatic rings. The lowest BCUT2D eigenvalue weighted by molar-refractivity contribution is -0.155. The van der Waals surface area contributed by atoms with Crippen LogP contribution >= 0.6 is 11.6 Å². The number of hydrazone groups is 1. The molecule has 1 fully saturated rings. The van der Waals surface area contributed by atoms with E-state index in [0.29, 0.717) is 10.6 Å². The lowest BCUT2D eigenvalue weighted by atomic mass is 9.88. The van der Waals surface area contributed by atoms with Crippen LogP contribution in [0.25, 0.3) is 0 Å². The number of hydrogen-bond donors (Lipinski definition) is 1. The minimum Gasteiger partial charge on any atom is -0.467 e. The molecule has 3 rings (SSSR count). The van der Waals surface area contributed by atoms with Gasteiger partial charge in [0.25, 0.3) is 5.91 Å². The molecule has 0 radical (unpaired) electrons. The molecule has 1 heterocycles. The van der Waals surface area contributed by atoms with E-state index in [0.717, 1.165) is 51.3 Å². The summed E-state index contributed by atoms with van der Waals surface area (Å²) in [5, 5.41) is 18.4. The van der Waals surface area contributed by atoms with Gasteiger partial charge in [-0.15, -0.1) is 0 Å². The van der Waals surface area contributed by atoms with Crippen molar-refractivity contribution < 1.29 is 23.9 Å². The first-order chi connectivity index (χ1) is 15.9. The monoisotopic (exact) mass is 472 g/mol. The highest BCUT2D eigenvalue weighted by Gasteiger charge is 2.49. The number of carbonyl (C=O) groups is 3. The third-order valence-electron chi connectivity index (χ3n) is 5.72. The Kier molecular flexibility index (Phi) is 8.06. The van der Waals surface area contributed by atoms with E-state index in [2.05, 4.69) is 10.4 Å². The molecule has 1 aliphatic heterocycles. The van der Waals surface area contributed by atoms with Crippen molar-refractivity contribution >= 4 is 35.7 Å². The number of nitriles is 1.